The van der Waals surface area contributed by atoms with Crippen LogP contribution in [0, 0.1) is 0 Å². The summed E-state index contributed by atoms with van der Waals surface area (Å²) in [6, 6.07) is 11.5. The van der Waals surface area contributed by atoms with Crippen LogP contribution in [0.2, 0.25) is 0 Å². The molecule has 4 rings (SSSR count). The molecule has 0 radical (unpaired) electrons. The van der Waals surface area contributed by atoms with Crippen LogP contribution in [-0.4, -0.2) is 30.2 Å². The van der Waals surface area contributed by atoms with Crippen LogP contribution < -0.4 is 0 Å². The molecule has 0 N–H and O–H groups in total. The number of fused-ring (bicyclic) bond motifs is 2. The van der Waals surface area contributed by atoms with Crippen molar-refractivity contribution in [3.8, 4) is 0 Å². The summed E-state index contributed by atoms with van der Waals surface area (Å²) in [4.78, 5) is 37.6. The highest BCUT2D eigenvalue weighted by atomic mass is 35.5. The summed E-state index contributed by atoms with van der Waals surface area (Å²) in [5, 5.41) is -0.589. The lowest BCUT2D eigenvalue weighted by atomic mass is 9.92. The Hall–Kier alpha value is -2.77. The van der Waals surface area contributed by atoms with E-state index < -0.39 is 38.2 Å². The van der Waals surface area contributed by atoms with E-state index in [0.717, 1.165) is 0 Å². The maximum atomic E-state index is 12.8. The van der Waals surface area contributed by atoms with Crippen LogP contribution in [0.15, 0.2) is 64.2 Å². The van der Waals surface area contributed by atoms with Crippen molar-refractivity contribution in [2.75, 3.05) is 0 Å². The largest absolute Gasteiger partial charge is 0.287 e. The van der Waals surface area contributed by atoms with Crippen LogP contribution in [0.25, 0.3) is 0 Å². The van der Waals surface area contributed by atoms with Crippen LogP contribution in [0.3, 0.4) is 0 Å². The molecule has 0 spiro atoms. The third kappa shape index (κ3) is 1.96. The van der Waals surface area contributed by atoms with Gasteiger partial charge < -0.3 is 0 Å². The number of sulfonamides is 1. The van der Waals surface area contributed by atoms with Gasteiger partial charge >= 0.3 is 0 Å². The SMILES string of the molecule is O=C1C(Cl)=C(N2C(=O)c3ccccc3S2(=O)=O)C(=O)c2ccccc21. The Morgan fingerprint density at radius 1 is 0.760 bits per heavy atom. The lowest BCUT2D eigenvalue weighted by Gasteiger charge is -2.23. The third-order valence-electron chi connectivity index (χ3n) is 4.06. The lowest BCUT2D eigenvalue weighted by Crippen LogP contribution is -2.37. The van der Waals surface area contributed by atoms with E-state index in [-0.39, 0.29) is 21.6 Å². The summed E-state index contributed by atoms with van der Waals surface area (Å²) >= 11 is 6.02. The number of hydrogen-bond acceptors (Lipinski definition) is 5. The molecule has 0 bridgehead atoms. The van der Waals surface area contributed by atoms with E-state index in [1.807, 2.05) is 0 Å². The first-order chi connectivity index (χ1) is 11.9. The van der Waals surface area contributed by atoms with E-state index in [9.17, 15) is 22.8 Å². The second kappa shape index (κ2) is 5.11. The normalized spacial score (nSPS) is 18.4. The average molecular weight is 374 g/mol. The van der Waals surface area contributed by atoms with Crippen molar-refractivity contribution in [2.45, 2.75) is 4.90 Å². The van der Waals surface area contributed by atoms with Gasteiger partial charge in [0.15, 0.2) is 0 Å². The Balaban J connectivity index is 1.98. The first kappa shape index (κ1) is 15.7. The van der Waals surface area contributed by atoms with Crippen LogP contribution in [0.4, 0.5) is 0 Å². The van der Waals surface area contributed by atoms with Gasteiger partial charge in [0.25, 0.3) is 15.9 Å². The second-order valence-electron chi connectivity index (χ2n) is 5.44. The molecular formula is C17H8ClNO5S. The van der Waals surface area contributed by atoms with Gasteiger partial charge in [0, 0.05) is 11.1 Å². The van der Waals surface area contributed by atoms with Gasteiger partial charge in [-0.1, -0.05) is 48.0 Å². The number of amides is 1. The first-order valence-electron chi connectivity index (χ1n) is 7.12. The van der Waals surface area contributed by atoms with E-state index in [2.05, 4.69) is 0 Å². The molecule has 124 valence electrons. The Morgan fingerprint density at radius 3 is 1.88 bits per heavy atom. The van der Waals surface area contributed by atoms with Crippen molar-refractivity contribution < 1.29 is 22.8 Å². The zero-order valence-electron chi connectivity index (χ0n) is 12.4. The Morgan fingerprint density at radius 2 is 1.28 bits per heavy atom. The number of Topliss-reactive ketones (excluding diaryl/α,β-unsaturated/α-hetero) is 2. The summed E-state index contributed by atoms with van der Waals surface area (Å²) in [7, 11) is -4.32. The van der Waals surface area contributed by atoms with Crippen molar-refractivity contribution >= 4 is 39.1 Å². The molecule has 0 saturated carbocycles. The Bertz CT molecular complexity index is 1130. The van der Waals surface area contributed by atoms with Crippen LogP contribution in [0.1, 0.15) is 31.1 Å². The fourth-order valence-corrected chi connectivity index (χ4v) is 4.85. The molecular weight excluding hydrogens is 366 g/mol. The van der Waals surface area contributed by atoms with Crippen LogP contribution >= 0.6 is 11.6 Å². The summed E-state index contributed by atoms with van der Waals surface area (Å²) in [5.41, 5.74) is -0.626. The van der Waals surface area contributed by atoms with Gasteiger partial charge in [-0.15, -0.1) is 0 Å². The number of ketones is 2. The van der Waals surface area contributed by atoms with Crippen molar-refractivity contribution in [3.05, 3.63) is 76.0 Å². The highest BCUT2D eigenvalue weighted by Crippen LogP contribution is 2.38. The van der Waals surface area contributed by atoms with Crippen molar-refractivity contribution in [1.29, 1.82) is 0 Å². The number of hydrogen-bond donors (Lipinski definition) is 0. The fourth-order valence-electron chi connectivity index (χ4n) is 2.92. The molecule has 0 unspecified atom stereocenters. The number of rotatable bonds is 1. The number of carbonyl (C=O) groups is 3. The minimum Gasteiger partial charge on any atom is -0.287 e. The zero-order chi connectivity index (χ0) is 17.9. The Labute approximate surface area is 147 Å². The molecule has 2 aromatic carbocycles. The van der Waals surface area contributed by atoms with Gasteiger partial charge in [-0.05, 0) is 12.1 Å². The number of halogens is 1. The molecule has 0 fully saturated rings. The predicted molar refractivity (Wildman–Crippen MR) is 87.8 cm³/mol. The minimum absolute atomic E-state index is 0.00542. The zero-order valence-corrected chi connectivity index (χ0v) is 14.0. The molecule has 2 aromatic rings. The van der Waals surface area contributed by atoms with Crippen LogP contribution in [-0.2, 0) is 10.0 Å². The van der Waals surface area contributed by atoms with Crippen LogP contribution in [0.5, 0.6) is 0 Å². The number of nitrogens with zero attached hydrogens (tertiary/aromatic N) is 1. The van der Waals surface area contributed by atoms with E-state index >= 15 is 0 Å². The van der Waals surface area contributed by atoms with Crippen molar-refractivity contribution in [3.63, 3.8) is 0 Å². The van der Waals surface area contributed by atoms with Gasteiger partial charge in [-0.3, -0.25) is 14.4 Å². The molecule has 0 aromatic heterocycles. The monoisotopic (exact) mass is 373 g/mol. The molecule has 25 heavy (non-hydrogen) atoms. The van der Waals surface area contributed by atoms with Gasteiger partial charge in [-0.2, -0.15) is 4.31 Å². The van der Waals surface area contributed by atoms with Gasteiger partial charge in [-0.25, -0.2) is 8.42 Å². The minimum atomic E-state index is -4.32. The quantitative estimate of drug-likeness (QED) is 0.765. The second-order valence-corrected chi connectivity index (χ2v) is 7.57. The topological polar surface area (TPSA) is 88.6 Å². The van der Waals surface area contributed by atoms with Gasteiger partial charge in [0.05, 0.1) is 5.56 Å². The van der Waals surface area contributed by atoms with E-state index in [4.69, 9.17) is 11.6 Å². The molecule has 8 heteroatoms. The standard InChI is InChI=1S/C17H8ClNO5S/c18-13-14(16(21)10-6-2-1-5-9(10)15(13)20)19-17(22)11-7-3-4-8-12(11)25(19,23)24/h1-8H. The van der Waals surface area contributed by atoms with Crippen molar-refractivity contribution in [2.24, 2.45) is 0 Å². The molecule has 0 atom stereocenters. The summed E-state index contributed by atoms with van der Waals surface area (Å²) in [5.74, 6) is -2.40. The molecule has 6 nitrogen and oxygen atoms in total. The predicted octanol–water partition coefficient (Wildman–Crippen LogP) is 2.36. The maximum Gasteiger partial charge on any atom is 0.273 e. The molecule has 0 saturated heterocycles. The highest BCUT2D eigenvalue weighted by Gasteiger charge is 2.48. The van der Waals surface area contributed by atoms with Gasteiger partial charge in [0.2, 0.25) is 11.6 Å². The molecule has 1 aliphatic carbocycles. The van der Waals surface area contributed by atoms with E-state index in [1.54, 1.807) is 6.07 Å². The fraction of sp³-hybridized carbons (Fsp3) is 0. The molecule has 1 amide bonds. The van der Waals surface area contributed by atoms with E-state index in [0.29, 0.717) is 4.31 Å². The number of carbonyl (C=O) groups excluding carboxylic acids is 3. The number of allylic oxidation sites excluding steroid dienone is 2. The summed E-state index contributed by atoms with van der Waals surface area (Å²) in [6.07, 6.45) is 0. The summed E-state index contributed by atoms with van der Waals surface area (Å²) < 4.78 is 25.8. The molecule has 2 aliphatic rings. The van der Waals surface area contributed by atoms with E-state index in [1.165, 1.54) is 42.5 Å². The highest BCUT2D eigenvalue weighted by molar-refractivity contribution is 7.90. The smallest absolute Gasteiger partial charge is 0.273 e. The van der Waals surface area contributed by atoms with Gasteiger partial charge in [0.1, 0.15) is 15.6 Å². The summed E-state index contributed by atoms with van der Waals surface area (Å²) in [6.45, 7) is 0. The van der Waals surface area contributed by atoms with Crippen molar-refractivity contribution in [1.82, 2.24) is 4.31 Å². The average Bonchev–Trinajstić information content (AvgIpc) is 2.81. The molecule has 1 heterocycles. The molecule has 1 aliphatic heterocycles. The number of benzene rings is 2. The Kier molecular flexibility index (Phi) is 3.22. The third-order valence-corrected chi connectivity index (χ3v) is 6.15. The lowest BCUT2D eigenvalue weighted by molar-refractivity contribution is 0.0855. The first-order valence-corrected chi connectivity index (χ1v) is 8.94. The maximum absolute atomic E-state index is 12.8.